The molecule has 4 aromatic rings. The monoisotopic (exact) mass is 390 g/mol. The Hall–Kier alpha value is -3.91. The third-order valence-electron chi connectivity index (χ3n) is 4.28. The molecule has 1 unspecified atom stereocenters. The van der Waals surface area contributed by atoms with Gasteiger partial charge in [-0.05, 0) is 23.8 Å². The second-order valence-electron chi connectivity index (χ2n) is 6.25. The van der Waals surface area contributed by atoms with Crippen molar-refractivity contribution in [2.45, 2.75) is 12.5 Å². The van der Waals surface area contributed by atoms with Gasteiger partial charge in [0, 0.05) is 36.6 Å². The van der Waals surface area contributed by atoms with Crippen LogP contribution in [0.3, 0.4) is 0 Å². The Morgan fingerprint density at radius 3 is 2.24 bits per heavy atom. The number of hydrogen-bond donors (Lipinski definition) is 2. The van der Waals surface area contributed by atoms with E-state index in [0.717, 1.165) is 21.3 Å². The zero-order valence-electron chi connectivity index (χ0n) is 15.3. The number of hydrogen-bond acceptors (Lipinski definition) is 6. The Kier molecular flexibility index (Phi) is 6.06. The lowest BCUT2D eigenvalue weighted by Gasteiger charge is -2.24. The number of aliphatic carboxylic acids is 1. The Morgan fingerprint density at radius 1 is 0.966 bits per heavy atom. The number of benzene rings is 1. The summed E-state index contributed by atoms with van der Waals surface area (Å²) in [7, 11) is 0. The summed E-state index contributed by atoms with van der Waals surface area (Å²) < 4.78 is 0. The van der Waals surface area contributed by atoms with Crippen molar-refractivity contribution in [2.24, 2.45) is 5.84 Å². The molecule has 0 bridgehead atoms. The van der Waals surface area contributed by atoms with Gasteiger partial charge < -0.3 is 5.11 Å². The molecule has 0 aliphatic carbocycles. The summed E-state index contributed by atoms with van der Waals surface area (Å²) in [6.45, 7) is 0. The Balaban J connectivity index is 0.000000246. The van der Waals surface area contributed by atoms with Gasteiger partial charge in [-0.3, -0.25) is 24.6 Å². The van der Waals surface area contributed by atoms with E-state index in [1.54, 1.807) is 48.8 Å². The van der Waals surface area contributed by atoms with Crippen LogP contribution in [0.5, 0.6) is 0 Å². The van der Waals surface area contributed by atoms with Gasteiger partial charge in [0.25, 0.3) is 5.91 Å². The average molecular weight is 390 g/mol. The molecule has 4 rings (SSSR count). The number of fused-ring (bicyclic) bond motifs is 1. The fourth-order valence-electron chi connectivity index (χ4n) is 2.65. The van der Waals surface area contributed by atoms with Crippen LogP contribution in [0, 0.1) is 0 Å². The van der Waals surface area contributed by atoms with Gasteiger partial charge in [0.15, 0.2) is 5.43 Å². The number of amides is 1. The fourth-order valence-corrected chi connectivity index (χ4v) is 2.65. The highest BCUT2D eigenvalue weighted by Crippen LogP contribution is 2.11. The van der Waals surface area contributed by atoms with Crippen molar-refractivity contribution in [2.75, 3.05) is 0 Å². The molecule has 0 saturated carbocycles. The second-order valence-corrected chi connectivity index (χ2v) is 6.25. The lowest BCUT2D eigenvalue weighted by Crippen LogP contribution is -2.50. The van der Waals surface area contributed by atoms with Gasteiger partial charge in [0.05, 0.1) is 10.9 Å². The molecule has 1 atom stereocenters. The summed E-state index contributed by atoms with van der Waals surface area (Å²) in [5.74, 6) is 3.99. The SMILES string of the molecule is NN(C(=O)c1cccnc1)C(Cc1ccccc1)C(=O)O.O=c1c2ccncc12. The number of pyridine rings is 2. The van der Waals surface area contributed by atoms with E-state index in [4.69, 9.17) is 5.84 Å². The fraction of sp³-hybridized carbons (Fsp3) is 0.0952. The second kappa shape index (κ2) is 8.85. The average Bonchev–Trinajstić information content (AvgIpc) is 3.43. The summed E-state index contributed by atoms with van der Waals surface area (Å²) in [6.07, 6.45) is 6.24. The molecule has 0 fully saturated rings. The number of carboxylic acid groups (broad SMARTS) is 1. The van der Waals surface area contributed by atoms with Crippen LogP contribution in [0.25, 0.3) is 10.8 Å². The maximum Gasteiger partial charge on any atom is 0.328 e. The van der Waals surface area contributed by atoms with E-state index in [1.807, 2.05) is 6.07 Å². The number of carbonyl (C=O) groups excluding carboxylic acids is 1. The van der Waals surface area contributed by atoms with Gasteiger partial charge in [0.1, 0.15) is 6.04 Å². The van der Waals surface area contributed by atoms with E-state index in [2.05, 4.69) is 9.97 Å². The molecule has 0 spiro atoms. The summed E-state index contributed by atoms with van der Waals surface area (Å²) in [5.41, 5.74) is 1.20. The van der Waals surface area contributed by atoms with E-state index in [1.165, 1.54) is 18.5 Å². The summed E-state index contributed by atoms with van der Waals surface area (Å²) in [4.78, 5) is 41.7. The van der Waals surface area contributed by atoms with Crippen LogP contribution in [0.4, 0.5) is 0 Å². The van der Waals surface area contributed by atoms with E-state index in [0.29, 0.717) is 0 Å². The van der Waals surface area contributed by atoms with Crippen LogP contribution in [-0.4, -0.2) is 38.0 Å². The first-order chi connectivity index (χ1) is 14.0. The standard InChI is InChI=1S/C15H15N3O3.C6H3NO/c16-18(14(19)12-7-4-8-17-10-12)13(15(20)21)9-11-5-2-1-3-6-11;8-6-4-1-2-7-3-5(4)6/h1-8,10,13H,9,16H2,(H,20,21);1-3H. The Bertz CT molecular complexity index is 1090. The molecule has 146 valence electrons. The lowest BCUT2D eigenvalue weighted by molar-refractivity contribution is -0.142. The zero-order chi connectivity index (χ0) is 20.8. The molecule has 8 nitrogen and oxygen atoms in total. The van der Waals surface area contributed by atoms with Crippen molar-refractivity contribution in [1.29, 1.82) is 0 Å². The molecule has 2 heterocycles. The number of rotatable bonds is 5. The molecule has 8 heteroatoms. The van der Waals surface area contributed by atoms with Crippen molar-refractivity contribution in [3.8, 4) is 0 Å². The first-order valence-electron chi connectivity index (χ1n) is 8.72. The van der Waals surface area contributed by atoms with Crippen molar-refractivity contribution >= 4 is 22.6 Å². The smallest absolute Gasteiger partial charge is 0.328 e. The maximum absolute atomic E-state index is 12.2. The van der Waals surface area contributed by atoms with Crippen molar-refractivity contribution in [3.05, 3.63) is 94.7 Å². The van der Waals surface area contributed by atoms with Crippen LogP contribution >= 0.6 is 0 Å². The van der Waals surface area contributed by atoms with Gasteiger partial charge in [-0.1, -0.05) is 30.3 Å². The largest absolute Gasteiger partial charge is 0.480 e. The molecule has 2 aromatic carbocycles. The molecule has 2 aromatic heterocycles. The number of carboxylic acids is 1. The molecule has 29 heavy (non-hydrogen) atoms. The topological polar surface area (TPSA) is 126 Å². The Morgan fingerprint density at radius 2 is 1.69 bits per heavy atom. The van der Waals surface area contributed by atoms with Gasteiger partial charge in [-0.15, -0.1) is 0 Å². The quantitative estimate of drug-likeness (QED) is 0.301. The highest BCUT2D eigenvalue weighted by Gasteiger charge is 2.28. The predicted octanol–water partition coefficient (Wildman–Crippen LogP) is 1.56. The molecule has 3 N–H and O–H groups in total. The highest BCUT2D eigenvalue weighted by atomic mass is 16.4. The third-order valence-corrected chi connectivity index (χ3v) is 4.28. The van der Waals surface area contributed by atoms with Gasteiger partial charge in [0.2, 0.25) is 0 Å². The van der Waals surface area contributed by atoms with Crippen molar-refractivity contribution < 1.29 is 14.7 Å². The number of aromatic nitrogens is 2. The molecule has 0 saturated heterocycles. The van der Waals surface area contributed by atoms with Crippen LogP contribution < -0.4 is 11.3 Å². The van der Waals surface area contributed by atoms with Crippen molar-refractivity contribution in [1.82, 2.24) is 15.0 Å². The number of hydrazine groups is 1. The third kappa shape index (κ3) is 4.88. The summed E-state index contributed by atoms with van der Waals surface area (Å²) in [6, 6.07) is 12.7. The van der Waals surface area contributed by atoms with Crippen LogP contribution in [-0.2, 0) is 11.2 Å². The minimum Gasteiger partial charge on any atom is -0.480 e. The van der Waals surface area contributed by atoms with E-state index >= 15 is 0 Å². The van der Waals surface area contributed by atoms with E-state index in [9.17, 15) is 19.5 Å². The minimum absolute atomic E-state index is 0.138. The van der Waals surface area contributed by atoms with Gasteiger partial charge >= 0.3 is 5.97 Å². The normalized spacial score (nSPS) is 11.5. The van der Waals surface area contributed by atoms with Gasteiger partial charge in [-0.25, -0.2) is 10.6 Å². The molecular formula is C21H18N4O4. The minimum atomic E-state index is -1.15. The van der Waals surface area contributed by atoms with Crippen molar-refractivity contribution in [3.63, 3.8) is 0 Å². The zero-order valence-corrected chi connectivity index (χ0v) is 15.3. The molecule has 0 aliphatic rings. The highest BCUT2D eigenvalue weighted by molar-refractivity contribution is 5.96. The maximum atomic E-state index is 12.2. The number of nitrogens with two attached hydrogens (primary N) is 1. The first-order valence-corrected chi connectivity index (χ1v) is 8.72. The number of carbonyl (C=O) groups is 2. The van der Waals surface area contributed by atoms with E-state index < -0.39 is 17.9 Å². The molecule has 0 radical (unpaired) electrons. The van der Waals surface area contributed by atoms with Crippen LogP contribution in [0.1, 0.15) is 15.9 Å². The number of nitrogens with zero attached hydrogens (tertiary/aromatic N) is 3. The summed E-state index contributed by atoms with van der Waals surface area (Å²) >= 11 is 0. The van der Waals surface area contributed by atoms with Crippen LogP contribution in [0.15, 0.2) is 78.1 Å². The molecule has 1 amide bonds. The lowest BCUT2D eigenvalue weighted by atomic mass is 10.1. The molecular weight excluding hydrogens is 372 g/mol. The van der Waals surface area contributed by atoms with Gasteiger partial charge in [-0.2, -0.15) is 0 Å². The predicted molar refractivity (Wildman–Crippen MR) is 107 cm³/mol. The Labute approximate surface area is 165 Å². The molecule has 0 aliphatic heterocycles. The van der Waals surface area contributed by atoms with Crippen LogP contribution in [0.2, 0.25) is 0 Å². The first kappa shape index (κ1) is 19.8. The van der Waals surface area contributed by atoms with E-state index in [-0.39, 0.29) is 17.4 Å². The summed E-state index contributed by atoms with van der Waals surface area (Å²) in [5, 5.41) is 11.7.